The van der Waals surface area contributed by atoms with Gasteiger partial charge in [0.2, 0.25) is 5.91 Å². The molecule has 0 aliphatic carbocycles. The Kier molecular flexibility index (Phi) is 7.05. The average Bonchev–Trinajstić information content (AvgIpc) is 2.59. The summed E-state index contributed by atoms with van der Waals surface area (Å²) < 4.78 is 5.92. The first-order valence-corrected chi connectivity index (χ1v) is 8.72. The van der Waals surface area contributed by atoms with Gasteiger partial charge >= 0.3 is 0 Å². The first-order chi connectivity index (χ1) is 11.1. The van der Waals surface area contributed by atoms with E-state index < -0.39 is 0 Å². The summed E-state index contributed by atoms with van der Waals surface area (Å²) in [7, 11) is 1.65. The number of halogens is 1. The van der Waals surface area contributed by atoms with Crippen molar-refractivity contribution in [3.8, 4) is 0 Å². The molecule has 1 aliphatic heterocycles. The maximum atomic E-state index is 12.4. The predicted molar refractivity (Wildman–Crippen MR) is 92.3 cm³/mol. The summed E-state index contributed by atoms with van der Waals surface area (Å²) in [5.41, 5.74) is 0.690. The van der Waals surface area contributed by atoms with Gasteiger partial charge in [0.25, 0.3) is 5.91 Å². The van der Waals surface area contributed by atoms with Crippen LogP contribution in [0.1, 0.15) is 29.6 Å². The number of carbonyl (C=O) groups is 2. The monoisotopic (exact) mass is 382 g/mol. The van der Waals surface area contributed by atoms with Crippen LogP contribution in [0.5, 0.6) is 0 Å². The zero-order chi connectivity index (χ0) is 16.7. The standard InChI is InChI=1S/C17H23BrN2O3/c1-23-12-2-9-19-16(21)13-7-10-20(11-8-13)17(22)14-3-5-15(18)6-4-14/h3-6,13H,2,7-12H2,1H3,(H,19,21). The summed E-state index contributed by atoms with van der Waals surface area (Å²) in [5.74, 6) is 0.139. The predicted octanol–water partition coefficient (Wildman–Crippen LogP) is 2.45. The second-order valence-electron chi connectivity index (χ2n) is 5.71. The number of ether oxygens (including phenoxy) is 1. The van der Waals surface area contributed by atoms with Crippen LogP contribution in [0.3, 0.4) is 0 Å². The SMILES string of the molecule is COCCCNC(=O)C1CCN(C(=O)c2ccc(Br)cc2)CC1. The second kappa shape index (κ2) is 9.03. The molecule has 1 aromatic rings. The molecule has 1 N–H and O–H groups in total. The van der Waals surface area contributed by atoms with Gasteiger partial charge in [0.05, 0.1) is 0 Å². The Bertz CT molecular complexity index is 525. The molecule has 1 aromatic carbocycles. The van der Waals surface area contributed by atoms with E-state index >= 15 is 0 Å². The molecule has 1 saturated heterocycles. The van der Waals surface area contributed by atoms with Crippen LogP contribution in [-0.2, 0) is 9.53 Å². The molecule has 0 bridgehead atoms. The van der Waals surface area contributed by atoms with Crippen molar-refractivity contribution in [2.75, 3.05) is 33.4 Å². The van der Waals surface area contributed by atoms with Crippen LogP contribution >= 0.6 is 15.9 Å². The van der Waals surface area contributed by atoms with Crippen molar-refractivity contribution in [2.24, 2.45) is 5.92 Å². The molecule has 0 atom stereocenters. The van der Waals surface area contributed by atoms with Crippen molar-refractivity contribution in [1.82, 2.24) is 10.2 Å². The van der Waals surface area contributed by atoms with Gasteiger partial charge < -0.3 is 15.0 Å². The molecule has 23 heavy (non-hydrogen) atoms. The number of hydrogen-bond acceptors (Lipinski definition) is 3. The van der Waals surface area contributed by atoms with Crippen molar-refractivity contribution in [1.29, 1.82) is 0 Å². The third kappa shape index (κ3) is 5.32. The van der Waals surface area contributed by atoms with Crippen molar-refractivity contribution in [2.45, 2.75) is 19.3 Å². The summed E-state index contributed by atoms with van der Waals surface area (Å²) in [6, 6.07) is 7.38. The van der Waals surface area contributed by atoms with Gasteiger partial charge in [-0.15, -0.1) is 0 Å². The highest BCUT2D eigenvalue weighted by Gasteiger charge is 2.27. The highest BCUT2D eigenvalue weighted by Crippen LogP contribution is 2.20. The Morgan fingerprint density at radius 3 is 2.52 bits per heavy atom. The summed E-state index contributed by atoms with van der Waals surface area (Å²) in [5, 5.41) is 2.94. The quantitative estimate of drug-likeness (QED) is 0.768. The first-order valence-electron chi connectivity index (χ1n) is 7.93. The molecule has 0 unspecified atom stereocenters. The van der Waals surface area contributed by atoms with E-state index in [1.165, 1.54) is 0 Å². The van der Waals surface area contributed by atoms with Crippen LogP contribution in [0.25, 0.3) is 0 Å². The Morgan fingerprint density at radius 1 is 1.26 bits per heavy atom. The lowest BCUT2D eigenvalue weighted by Crippen LogP contribution is -2.43. The molecule has 1 heterocycles. The lowest BCUT2D eigenvalue weighted by atomic mass is 9.95. The van der Waals surface area contributed by atoms with E-state index in [1.54, 1.807) is 7.11 Å². The van der Waals surface area contributed by atoms with Gasteiger partial charge in [-0.05, 0) is 43.5 Å². The van der Waals surface area contributed by atoms with Crippen molar-refractivity contribution in [3.63, 3.8) is 0 Å². The number of likely N-dealkylation sites (tertiary alicyclic amines) is 1. The van der Waals surface area contributed by atoms with Crippen molar-refractivity contribution >= 4 is 27.7 Å². The minimum atomic E-state index is 0.00603. The van der Waals surface area contributed by atoms with Crippen LogP contribution < -0.4 is 5.32 Å². The fourth-order valence-corrected chi connectivity index (χ4v) is 2.96. The normalized spacial score (nSPS) is 15.5. The average molecular weight is 383 g/mol. The van der Waals surface area contributed by atoms with Crippen LogP contribution in [-0.4, -0.2) is 50.1 Å². The smallest absolute Gasteiger partial charge is 0.253 e. The van der Waals surface area contributed by atoms with Crippen molar-refractivity contribution < 1.29 is 14.3 Å². The molecule has 6 heteroatoms. The molecule has 0 radical (unpaired) electrons. The Labute approximate surface area is 145 Å². The molecular formula is C17H23BrN2O3. The minimum absolute atomic E-state index is 0.00603. The maximum absolute atomic E-state index is 12.4. The van der Waals surface area contributed by atoms with E-state index in [0.29, 0.717) is 31.8 Å². The summed E-state index contributed by atoms with van der Waals surface area (Å²) in [6.07, 6.45) is 2.26. The van der Waals surface area contributed by atoms with Gasteiger partial charge in [0.1, 0.15) is 0 Å². The molecule has 1 fully saturated rings. The zero-order valence-electron chi connectivity index (χ0n) is 13.4. The minimum Gasteiger partial charge on any atom is -0.385 e. The highest BCUT2D eigenvalue weighted by molar-refractivity contribution is 9.10. The number of piperidine rings is 1. The lowest BCUT2D eigenvalue weighted by molar-refractivity contribution is -0.126. The number of amides is 2. The largest absolute Gasteiger partial charge is 0.385 e. The Balaban J connectivity index is 1.78. The molecule has 0 spiro atoms. The van der Waals surface area contributed by atoms with Gasteiger partial charge in [0, 0.05) is 49.3 Å². The van der Waals surface area contributed by atoms with Crippen LogP contribution in [0.2, 0.25) is 0 Å². The van der Waals surface area contributed by atoms with Gasteiger partial charge in [-0.1, -0.05) is 15.9 Å². The number of benzene rings is 1. The maximum Gasteiger partial charge on any atom is 0.253 e. The first kappa shape index (κ1) is 17.9. The molecule has 2 amide bonds. The lowest BCUT2D eigenvalue weighted by Gasteiger charge is -2.31. The Morgan fingerprint density at radius 2 is 1.91 bits per heavy atom. The third-order valence-corrected chi connectivity index (χ3v) is 4.60. The van der Waals surface area contributed by atoms with E-state index in [9.17, 15) is 9.59 Å². The summed E-state index contributed by atoms with van der Waals surface area (Å²) >= 11 is 3.37. The van der Waals surface area contributed by atoms with Crippen LogP contribution in [0.4, 0.5) is 0 Å². The zero-order valence-corrected chi connectivity index (χ0v) is 15.0. The summed E-state index contributed by atoms with van der Waals surface area (Å²) in [4.78, 5) is 26.3. The third-order valence-electron chi connectivity index (χ3n) is 4.07. The van der Waals surface area contributed by atoms with E-state index in [0.717, 1.165) is 23.7 Å². The molecule has 1 aliphatic rings. The molecule has 126 valence electrons. The Hall–Kier alpha value is -1.40. The van der Waals surface area contributed by atoms with Gasteiger partial charge in [0.15, 0.2) is 0 Å². The number of hydrogen-bond donors (Lipinski definition) is 1. The molecule has 5 nitrogen and oxygen atoms in total. The number of rotatable bonds is 6. The number of methoxy groups -OCH3 is 1. The highest BCUT2D eigenvalue weighted by atomic mass is 79.9. The number of carbonyl (C=O) groups excluding carboxylic acids is 2. The summed E-state index contributed by atoms with van der Waals surface area (Å²) in [6.45, 7) is 2.56. The van der Waals surface area contributed by atoms with Crippen LogP contribution in [0.15, 0.2) is 28.7 Å². The van der Waals surface area contributed by atoms with Gasteiger partial charge in [-0.3, -0.25) is 9.59 Å². The number of nitrogens with zero attached hydrogens (tertiary/aromatic N) is 1. The molecule has 2 rings (SSSR count). The van der Waals surface area contributed by atoms with E-state index in [-0.39, 0.29) is 17.7 Å². The van der Waals surface area contributed by atoms with Gasteiger partial charge in [-0.25, -0.2) is 0 Å². The molecule has 0 aromatic heterocycles. The number of nitrogens with one attached hydrogen (secondary N) is 1. The second-order valence-corrected chi connectivity index (χ2v) is 6.63. The molecule has 0 saturated carbocycles. The fraction of sp³-hybridized carbons (Fsp3) is 0.529. The molecular weight excluding hydrogens is 360 g/mol. The fourth-order valence-electron chi connectivity index (χ4n) is 2.69. The van der Waals surface area contributed by atoms with Gasteiger partial charge in [-0.2, -0.15) is 0 Å². The topological polar surface area (TPSA) is 58.6 Å². The van der Waals surface area contributed by atoms with E-state index in [2.05, 4.69) is 21.2 Å². The van der Waals surface area contributed by atoms with E-state index in [1.807, 2.05) is 29.2 Å². The van der Waals surface area contributed by atoms with E-state index in [4.69, 9.17) is 4.74 Å². The van der Waals surface area contributed by atoms with Crippen LogP contribution in [0, 0.1) is 5.92 Å². The van der Waals surface area contributed by atoms with Crippen molar-refractivity contribution in [3.05, 3.63) is 34.3 Å².